The minimum Gasteiger partial charge on any atom is -0.342 e. The Morgan fingerprint density at radius 3 is 3.18 bits per heavy atom. The first-order valence-corrected chi connectivity index (χ1v) is 5.32. The molecule has 1 aromatic heterocycles. The van der Waals surface area contributed by atoms with Crippen molar-refractivity contribution in [3.05, 3.63) is 24.0 Å². The average molecular weight is 228 g/mol. The SMILES string of the molecule is Cc1nc2ccc(NC(=O)CCC#N)cc2[nH]1. The van der Waals surface area contributed by atoms with E-state index < -0.39 is 0 Å². The smallest absolute Gasteiger partial charge is 0.225 e. The van der Waals surface area contributed by atoms with E-state index in [9.17, 15) is 4.79 Å². The maximum atomic E-state index is 11.4. The lowest BCUT2D eigenvalue weighted by Gasteiger charge is -2.03. The number of nitrogens with one attached hydrogen (secondary N) is 2. The average Bonchev–Trinajstić information content (AvgIpc) is 2.65. The number of nitriles is 1. The molecule has 1 heterocycles. The molecule has 0 aliphatic carbocycles. The highest BCUT2D eigenvalue weighted by molar-refractivity contribution is 5.93. The Bertz CT molecular complexity index is 594. The van der Waals surface area contributed by atoms with Crippen LogP contribution >= 0.6 is 0 Å². The summed E-state index contributed by atoms with van der Waals surface area (Å²) < 4.78 is 0. The lowest BCUT2D eigenvalue weighted by atomic mass is 10.2. The van der Waals surface area contributed by atoms with E-state index in [2.05, 4.69) is 15.3 Å². The van der Waals surface area contributed by atoms with Crippen molar-refractivity contribution in [1.82, 2.24) is 9.97 Å². The van der Waals surface area contributed by atoms with Crippen LogP contribution < -0.4 is 5.32 Å². The lowest BCUT2D eigenvalue weighted by molar-refractivity contribution is -0.116. The van der Waals surface area contributed by atoms with E-state index in [0.717, 1.165) is 16.9 Å². The van der Waals surface area contributed by atoms with Crippen molar-refractivity contribution < 1.29 is 4.79 Å². The van der Waals surface area contributed by atoms with Crippen LogP contribution in [0.25, 0.3) is 11.0 Å². The fraction of sp³-hybridized carbons (Fsp3) is 0.250. The van der Waals surface area contributed by atoms with Crippen molar-refractivity contribution in [2.75, 3.05) is 5.32 Å². The fourth-order valence-corrected chi connectivity index (χ4v) is 1.61. The minimum atomic E-state index is -0.151. The molecule has 0 aliphatic rings. The molecule has 0 atom stereocenters. The van der Waals surface area contributed by atoms with Gasteiger partial charge in [0.2, 0.25) is 5.91 Å². The number of hydrogen-bond acceptors (Lipinski definition) is 3. The molecule has 86 valence electrons. The molecule has 0 aliphatic heterocycles. The molecular weight excluding hydrogens is 216 g/mol. The number of fused-ring (bicyclic) bond motifs is 1. The first kappa shape index (κ1) is 11.1. The van der Waals surface area contributed by atoms with Crippen LogP contribution in [0.3, 0.4) is 0 Å². The monoisotopic (exact) mass is 228 g/mol. The van der Waals surface area contributed by atoms with Crippen molar-refractivity contribution in [2.45, 2.75) is 19.8 Å². The van der Waals surface area contributed by atoms with E-state index in [1.165, 1.54) is 0 Å². The summed E-state index contributed by atoms with van der Waals surface area (Å²) in [6, 6.07) is 7.42. The van der Waals surface area contributed by atoms with Gasteiger partial charge in [-0.2, -0.15) is 5.26 Å². The third-order valence-electron chi connectivity index (χ3n) is 2.35. The van der Waals surface area contributed by atoms with Gasteiger partial charge in [-0.05, 0) is 25.1 Å². The zero-order valence-corrected chi connectivity index (χ0v) is 9.45. The molecule has 2 N–H and O–H groups in total. The van der Waals surface area contributed by atoms with Crippen LogP contribution in [0.4, 0.5) is 5.69 Å². The Kier molecular flexibility index (Phi) is 3.06. The lowest BCUT2D eigenvalue weighted by Crippen LogP contribution is -2.10. The summed E-state index contributed by atoms with van der Waals surface area (Å²) in [6.07, 6.45) is 0.452. The summed E-state index contributed by atoms with van der Waals surface area (Å²) in [6.45, 7) is 1.88. The van der Waals surface area contributed by atoms with Crippen molar-refractivity contribution in [3.8, 4) is 6.07 Å². The molecule has 2 rings (SSSR count). The van der Waals surface area contributed by atoms with E-state index in [-0.39, 0.29) is 18.7 Å². The zero-order chi connectivity index (χ0) is 12.3. The Morgan fingerprint density at radius 1 is 1.59 bits per heavy atom. The normalized spacial score (nSPS) is 10.1. The van der Waals surface area contributed by atoms with Crippen LogP contribution in [-0.2, 0) is 4.79 Å². The number of carbonyl (C=O) groups is 1. The Hall–Kier alpha value is -2.35. The van der Waals surface area contributed by atoms with Gasteiger partial charge in [0, 0.05) is 18.5 Å². The van der Waals surface area contributed by atoms with Gasteiger partial charge in [-0.15, -0.1) is 0 Å². The maximum Gasteiger partial charge on any atom is 0.225 e. The van der Waals surface area contributed by atoms with Gasteiger partial charge in [-0.25, -0.2) is 4.98 Å². The molecule has 0 radical (unpaired) electrons. The highest BCUT2D eigenvalue weighted by Crippen LogP contribution is 2.17. The summed E-state index contributed by atoms with van der Waals surface area (Å²) in [4.78, 5) is 18.8. The summed E-state index contributed by atoms with van der Waals surface area (Å²) in [7, 11) is 0. The van der Waals surface area contributed by atoms with Gasteiger partial charge in [-0.3, -0.25) is 4.79 Å². The highest BCUT2D eigenvalue weighted by Gasteiger charge is 2.04. The van der Waals surface area contributed by atoms with Gasteiger partial charge in [0.05, 0.1) is 17.1 Å². The van der Waals surface area contributed by atoms with Gasteiger partial charge >= 0.3 is 0 Å². The van der Waals surface area contributed by atoms with Crippen molar-refractivity contribution in [1.29, 1.82) is 5.26 Å². The van der Waals surface area contributed by atoms with Crippen LogP contribution in [0.15, 0.2) is 18.2 Å². The molecule has 5 nitrogen and oxygen atoms in total. The van der Waals surface area contributed by atoms with Gasteiger partial charge in [0.1, 0.15) is 5.82 Å². The van der Waals surface area contributed by atoms with Gasteiger partial charge in [0.15, 0.2) is 0 Å². The number of benzene rings is 1. The minimum absolute atomic E-state index is 0.151. The molecule has 1 amide bonds. The van der Waals surface area contributed by atoms with Gasteiger partial charge in [0.25, 0.3) is 0 Å². The molecule has 5 heteroatoms. The number of aromatic nitrogens is 2. The molecule has 0 spiro atoms. The van der Waals surface area contributed by atoms with Crippen LogP contribution in [0, 0.1) is 18.3 Å². The van der Waals surface area contributed by atoms with E-state index in [1.807, 2.05) is 25.1 Å². The van der Waals surface area contributed by atoms with Crippen molar-refractivity contribution >= 4 is 22.6 Å². The highest BCUT2D eigenvalue weighted by atomic mass is 16.1. The molecule has 0 fully saturated rings. The zero-order valence-electron chi connectivity index (χ0n) is 9.45. The van der Waals surface area contributed by atoms with E-state index >= 15 is 0 Å². The van der Waals surface area contributed by atoms with Gasteiger partial charge < -0.3 is 10.3 Å². The second kappa shape index (κ2) is 4.66. The number of imidazole rings is 1. The molecule has 0 bridgehead atoms. The van der Waals surface area contributed by atoms with E-state index in [4.69, 9.17) is 5.26 Å². The van der Waals surface area contributed by atoms with E-state index in [1.54, 1.807) is 6.07 Å². The fourth-order valence-electron chi connectivity index (χ4n) is 1.61. The number of hydrogen-bond donors (Lipinski definition) is 2. The number of carbonyl (C=O) groups excluding carboxylic acids is 1. The summed E-state index contributed by atoms with van der Waals surface area (Å²) in [5.41, 5.74) is 2.47. The summed E-state index contributed by atoms with van der Waals surface area (Å²) in [5.74, 6) is 0.690. The Balaban J connectivity index is 2.14. The quantitative estimate of drug-likeness (QED) is 0.844. The number of nitrogens with zero attached hydrogens (tertiary/aromatic N) is 2. The maximum absolute atomic E-state index is 11.4. The molecular formula is C12H12N4O. The van der Waals surface area contributed by atoms with Crippen molar-refractivity contribution in [3.63, 3.8) is 0 Å². The Morgan fingerprint density at radius 2 is 2.41 bits per heavy atom. The van der Waals surface area contributed by atoms with Gasteiger partial charge in [-0.1, -0.05) is 0 Å². The largest absolute Gasteiger partial charge is 0.342 e. The van der Waals surface area contributed by atoms with Crippen LogP contribution in [0.5, 0.6) is 0 Å². The topological polar surface area (TPSA) is 81.6 Å². The molecule has 1 aromatic carbocycles. The molecule has 17 heavy (non-hydrogen) atoms. The second-order valence-electron chi connectivity index (χ2n) is 3.76. The summed E-state index contributed by atoms with van der Waals surface area (Å²) in [5, 5.41) is 11.1. The van der Waals surface area contributed by atoms with Crippen LogP contribution in [0.2, 0.25) is 0 Å². The third kappa shape index (κ3) is 2.61. The molecule has 2 aromatic rings. The Labute approximate surface area is 98.5 Å². The third-order valence-corrected chi connectivity index (χ3v) is 2.35. The number of anilines is 1. The second-order valence-corrected chi connectivity index (χ2v) is 3.76. The number of rotatable bonds is 3. The number of amides is 1. The van der Waals surface area contributed by atoms with Crippen molar-refractivity contribution in [2.24, 2.45) is 0 Å². The predicted molar refractivity (Wildman–Crippen MR) is 64.3 cm³/mol. The summed E-state index contributed by atoms with van der Waals surface area (Å²) >= 11 is 0. The molecule has 0 unspecified atom stereocenters. The van der Waals surface area contributed by atoms with Crippen LogP contribution in [0.1, 0.15) is 18.7 Å². The number of aromatic amines is 1. The number of H-pyrrole nitrogens is 1. The van der Waals surface area contributed by atoms with Crippen LogP contribution in [-0.4, -0.2) is 15.9 Å². The molecule has 0 saturated heterocycles. The first-order chi connectivity index (χ1) is 8.19. The standard InChI is InChI=1S/C12H12N4O/c1-8-14-10-5-4-9(7-11(10)15-8)16-12(17)3-2-6-13/h4-5,7H,2-3H2,1H3,(H,14,15)(H,16,17). The number of aryl methyl sites for hydroxylation is 1. The predicted octanol–water partition coefficient (Wildman–Crippen LogP) is 2.11. The van der Waals surface area contributed by atoms with E-state index in [0.29, 0.717) is 5.69 Å². The first-order valence-electron chi connectivity index (χ1n) is 5.32. The molecule has 0 saturated carbocycles.